The maximum atomic E-state index is 12.8. The number of rotatable bonds is 7. The summed E-state index contributed by atoms with van der Waals surface area (Å²) in [6, 6.07) is 14.6. The van der Waals surface area contributed by atoms with Crippen molar-refractivity contribution in [1.82, 2.24) is 9.88 Å². The molecule has 2 heterocycles. The van der Waals surface area contributed by atoms with Gasteiger partial charge in [0.2, 0.25) is 0 Å². The topological polar surface area (TPSA) is 115 Å². The van der Waals surface area contributed by atoms with Crippen molar-refractivity contribution in [2.75, 3.05) is 11.9 Å². The van der Waals surface area contributed by atoms with Crippen LogP contribution in [0.2, 0.25) is 0 Å². The molecule has 1 aliphatic heterocycles. The van der Waals surface area contributed by atoms with Crippen LogP contribution in [0.25, 0.3) is 0 Å². The molecule has 1 unspecified atom stereocenters. The van der Waals surface area contributed by atoms with Crippen LogP contribution in [0, 0.1) is 5.92 Å². The molecule has 0 radical (unpaired) electrons. The lowest BCUT2D eigenvalue weighted by Gasteiger charge is -2.33. The zero-order valence-electron chi connectivity index (χ0n) is 20.6. The third-order valence-electron chi connectivity index (χ3n) is 5.98. The highest BCUT2D eigenvalue weighted by Gasteiger charge is 2.42. The lowest BCUT2D eigenvalue weighted by atomic mass is 9.90. The van der Waals surface area contributed by atoms with Crippen LogP contribution in [-0.2, 0) is 14.8 Å². The van der Waals surface area contributed by atoms with Crippen molar-refractivity contribution >= 4 is 21.9 Å². The van der Waals surface area contributed by atoms with Gasteiger partial charge < -0.3 is 15.0 Å². The first-order valence-corrected chi connectivity index (χ1v) is 13.1. The zero-order chi connectivity index (χ0) is 25.1. The lowest BCUT2D eigenvalue weighted by Crippen LogP contribution is -2.45. The molecule has 3 N–H and O–H groups in total. The summed E-state index contributed by atoms with van der Waals surface area (Å²) in [4.78, 5) is 18.8. The van der Waals surface area contributed by atoms with Gasteiger partial charge in [-0.2, -0.15) is 0 Å². The van der Waals surface area contributed by atoms with E-state index in [1.165, 1.54) is 6.07 Å². The Hall–Kier alpha value is -2.65. The van der Waals surface area contributed by atoms with E-state index in [2.05, 4.69) is 24.1 Å². The fraction of sp³-hybridized carbons (Fsp3) is 0.520. The fourth-order valence-electron chi connectivity index (χ4n) is 4.46. The van der Waals surface area contributed by atoms with Gasteiger partial charge in [-0.05, 0) is 77.5 Å². The number of benzene rings is 1. The minimum atomic E-state index is -3.89. The quantitative estimate of drug-likeness (QED) is 0.584. The van der Waals surface area contributed by atoms with Gasteiger partial charge in [0.05, 0.1) is 6.04 Å². The molecule has 0 spiro atoms. The van der Waals surface area contributed by atoms with Crippen LogP contribution in [0.1, 0.15) is 65.5 Å². The minimum absolute atomic E-state index is 0.0804. The Morgan fingerprint density at radius 2 is 1.88 bits per heavy atom. The molecule has 1 aromatic carbocycles. The number of amides is 1. The number of hydrogen-bond acceptors (Lipinski definition) is 6. The molecule has 0 bridgehead atoms. The van der Waals surface area contributed by atoms with Crippen molar-refractivity contribution < 1.29 is 17.9 Å². The molecule has 34 heavy (non-hydrogen) atoms. The van der Waals surface area contributed by atoms with E-state index < -0.39 is 15.6 Å². The van der Waals surface area contributed by atoms with Gasteiger partial charge in [0, 0.05) is 12.1 Å². The van der Waals surface area contributed by atoms with Crippen LogP contribution in [0.3, 0.4) is 0 Å². The van der Waals surface area contributed by atoms with Crippen LogP contribution in [-0.4, -0.2) is 42.1 Å². The third-order valence-corrected chi connectivity index (χ3v) is 6.79. The van der Waals surface area contributed by atoms with Gasteiger partial charge in [0.25, 0.3) is 10.0 Å². The monoisotopic (exact) mass is 488 g/mol. The second-order valence-electron chi connectivity index (χ2n) is 10.6. The number of sulfonamides is 1. The molecule has 9 heteroatoms. The van der Waals surface area contributed by atoms with Crippen LogP contribution in [0.5, 0.6) is 0 Å². The number of hydrogen-bond donors (Lipinski definition) is 2. The smallest absolute Gasteiger partial charge is 0.410 e. The number of pyridine rings is 1. The van der Waals surface area contributed by atoms with Gasteiger partial charge in [-0.15, -0.1) is 0 Å². The molecule has 8 nitrogen and oxygen atoms in total. The van der Waals surface area contributed by atoms with Gasteiger partial charge in [0.1, 0.15) is 11.4 Å². The number of ether oxygens (including phenoxy) is 1. The molecule has 1 amide bonds. The molecule has 1 aliphatic rings. The lowest BCUT2D eigenvalue weighted by molar-refractivity contribution is 0.0131. The van der Waals surface area contributed by atoms with Gasteiger partial charge in [0.15, 0.2) is 5.03 Å². The predicted octanol–water partition coefficient (Wildman–Crippen LogP) is 4.70. The molecule has 1 saturated heterocycles. The van der Waals surface area contributed by atoms with Gasteiger partial charge >= 0.3 is 6.09 Å². The molecule has 0 saturated carbocycles. The highest BCUT2D eigenvalue weighted by Crippen LogP contribution is 2.37. The van der Waals surface area contributed by atoms with Crippen molar-refractivity contribution in [1.29, 1.82) is 0 Å². The van der Waals surface area contributed by atoms with E-state index in [9.17, 15) is 13.2 Å². The Labute approximate surface area is 202 Å². The Balaban J connectivity index is 1.73. The van der Waals surface area contributed by atoms with Crippen LogP contribution in [0.4, 0.5) is 10.6 Å². The van der Waals surface area contributed by atoms with Crippen LogP contribution in [0.15, 0.2) is 53.6 Å². The number of carbonyl (C=O) groups is 1. The van der Waals surface area contributed by atoms with E-state index in [4.69, 9.17) is 9.88 Å². The molecular weight excluding hydrogens is 452 g/mol. The van der Waals surface area contributed by atoms with E-state index in [0.717, 1.165) is 24.8 Å². The highest BCUT2D eigenvalue weighted by molar-refractivity contribution is 7.89. The first-order chi connectivity index (χ1) is 15.7. The predicted molar refractivity (Wildman–Crippen MR) is 133 cm³/mol. The zero-order valence-corrected chi connectivity index (χ0v) is 21.4. The molecule has 186 valence electrons. The summed E-state index contributed by atoms with van der Waals surface area (Å²) in [5.41, 5.74) is 0.256. The van der Waals surface area contributed by atoms with Crippen molar-refractivity contribution in [3.63, 3.8) is 0 Å². The standard InChI is InChI=1S/C25H36N4O4S/c1-24(2,3)33-23(30)29-17-18(16-25(29,4)5)14-15-20(19-10-7-6-8-11-19)27-21-12-9-13-22(28-21)34(26,31)32/h6-13,18,20H,14-17H2,1-5H3,(H,27,28)(H2,26,31,32)/t18-,20?/m0/s1. The van der Waals surface area contributed by atoms with E-state index in [1.54, 1.807) is 12.1 Å². The average Bonchev–Trinajstić information content (AvgIpc) is 3.04. The van der Waals surface area contributed by atoms with E-state index in [1.807, 2.05) is 56.0 Å². The SMILES string of the molecule is CC(C)(C)OC(=O)N1C[C@@H](CCC(Nc2cccc(S(N)(=O)=O)n2)c2ccccc2)CC1(C)C. The van der Waals surface area contributed by atoms with Gasteiger partial charge in [-0.25, -0.2) is 23.3 Å². The second-order valence-corrected chi connectivity index (χ2v) is 12.1. The first-order valence-electron chi connectivity index (χ1n) is 11.6. The Morgan fingerprint density at radius 3 is 2.50 bits per heavy atom. The minimum Gasteiger partial charge on any atom is -0.444 e. The largest absolute Gasteiger partial charge is 0.444 e. The number of nitrogens with one attached hydrogen (secondary N) is 1. The van der Waals surface area contributed by atoms with Crippen molar-refractivity contribution in [2.24, 2.45) is 11.1 Å². The number of anilines is 1. The first kappa shape index (κ1) is 26.0. The fourth-order valence-corrected chi connectivity index (χ4v) is 4.95. The Bertz CT molecular complexity index is 1100. The average molecular weight is 489 g/mol. The highest BCUT2D eigenvalue weighted by atomic mass is 32.2. The summed E-state index contributed by atoms with van der Waals surface area (Å²) in [6.07, 6.45) is 2.27. The summed E-state index contributed by atoms with van der Waals surface area (Å²) < 4.78 is 29.1. The summed E-state index contributed by atoms with van der Waals surface area (Å²) in [7, 11) is -3.89. The normalized spacial score (nSPS) is 19.0. The maximum Gasteiger partial charge on any atom is 0.410 e. The molecule has 1 aromatic heterocycles. The summed E-state index contributed by atoms with van der Waals surface area (Å²) in [6.45, 7) is 10.4. The number of aromatic nitrogens is 1. The van der Waals surface area contributed by atoms with Gasteiger partial charge in [-0.3, -0.25) is 0 Å². The number of likely N-dealkylation sites (tertiary alicyclic amines) is 1. The Kier molecular flexibility index (Phi) is 7.57. The Morgan fingerprint density at radius 1 is 1.21 bits per heavy atom. The molecule has 2 atom stereocenters. The molecule has 1 fully saturated rings. The molecular formula is C25H36N4O4S. The van der Waals surface area contributed by atoms with E-state index in [-0.39, 0.29) is 22.7 Å². The van der Waals surface area contributed by atoms with E-state index in [0.29, 0.717) is 18.3 Å². The van der Waals surface area contributed by atoms with Crippen LogP contribution >= 0.6 is 0 Å². The molecule has 0 aliphatic carbocycles. The van der Waals surface area contributed by atoms with Crippen molar-refractivity contribution in [2.45, 2.75) is 76.1 Å². The number of primary sulfonamides is 1. The van der Waals surface area contributed by atoms with E-state index >= 15 is 0 Å². The molecule has 2 aromatic rings. The number of nitrogens with zero attached hydrogens (tertiary/aromatic N) is 2. The second kappa shape index (κ2) is 9.92. The summed E-state index contributed by atoms with van der Waals surface area (Å²) in [5, 5.41) is 8.46. The number of carbonyl (C=O) groups excluding carboxylic acids is 1. The van der Waals surface area contributed by atoms with Crippen molar-refractivity contribution in [3.05, 3.63) is 54.1 Å². The van der Waals surface area contributed by atoms with Crippen molar-refractivity contribution in [3.8, 4) is 0 Å². The van der Waals surface area contributed by atoms with Crippen LogP contribution < -0.4 is 10.5 Å². The summed E-state index contributed by atoms with van der Waals surface area (Å²) >= 11 is 0. The summed E-state index contributed by atoms with van der Waals surface area (Å²) in [5.74, 6) is 0.766. The third kappa shape index (κ3) is 6.93. The van der Waals surface area contributed by atoms with Gasteiger partial charge in [-0.1, -0.05) is 36.4 Å². The molecule has 3 rings (SSSR count). The maximum absolute atomic E-state index is 12.8. The number of nitrogens with two attached hydrogens (primary N) is 1.